The van der Waals surface area contributed by atoms with Crippen LogP contribution in [0.15, 0.2) is 36.1 Å². The van der Waals surface area contributed by atoms with Crippen molar-refractivity contribution in [1.82, 2.24) is 15.8 Å². The molecule has 154 valence electrons. The second kappa shape index (κ2) is 8.93. The predicted octanol–water partition coefficient (Wildman–Crippen LogP) is 1.50. The van der Waals surface area contributed by atoms with E-state index in [9.17, 15) is 22.2 Å². The lowest BCUT2D eigenvalue weighted by molar-refractivity contribution is 0.234. The average Bonchev–Trinajstić information content (AvgIpc) is 3.01. The van der Waals surface area contributed by atoms with Gasteiger partial charge in [0.05, 0.1) is 26.1 Å². The summed E-state index contributed by atoms with van der Waals surface area (Å²) < 4.78 is 55.9. The van der Waals surface area contributed by atoms with E-state index in [1.807, 2.05) is 5.48 Å². The minimum absolute atomic E-state index is 0.00870. The molecule has 11 nitrogen and oxygen atoms in total. The lowest BCUT2D eigenvalue weighted by atomic mass is 10.3. The van der Waals surface area contributed by atoms with E-state index < -0.39 is 25.6 Å². The van der Waals surface area contributed by atoms with Gasteiger partial charge in [-0.2, -0.15) is 0 Å². The van der Waals surface area contributed by atoms with Crippen molar-refractivity contribution >= 4 is 53.0 Å². The quantitative estimate of drug-likeness (QED) is 0.291. The van der Waals surface area contributed by atoms with Crippen molar-refractivity contribution in [2.45, 2.75) is 0 Å². The normalized spacial score (nSPS) is 14.4. The number of aliphatic imine (C=N–C) groups is 1. The molecule has 0 amide bonds. The lowest BCUT2D eigenvalue weighted by Gasteiger charge is -2.07. The number of anilines is 1. The number of hydrogen-bond acceptors (Lipinski definition) is 9. The third-order valence-corrected chi connectivity index (χ3v) is 6.94. The SMILES string of the molecule is CS(=O)(=O)N=[S@@](C)(=O)CCNc1nonc1C(=Nc1ccc(F)c(Br)c1)NO. The molecule has 3 N–H and O–H groups in total. The molecular weight excluding hydrogens is 483 g/mol. The molecule has 0 unspecified atom stereocenters. The van der Waals surface area contributed by atoms with Gasteiger partial charge in [-0.05, 0) is 44.4 Å². The van der Waals surface area contributed by atoms with Crippen LogP contribution in [-0.4, -0.2) is 58.8 Å². The standard InChI is InChI=1S/C13H16BrFN6O5S2/c1-27(23,21-28(2,24)25)6-5-16-12-11(19-26-20-12)13(18-22)17-8-3-4-10(15)9(14)7-8/h3-4,7,22H,5-6H2,1-2H3,(H,16,20)(H,17,18)/t27-/m0/s1. The largest absolute Gasteiger partial charge is 0.364 e. The Hall–Kier alpha value is -2.10. The number of nitrogens with zero attached hydrogens (tertiary/aromatic N) is 4. The fourth-order valence-electron chi connectivity index (χ4n) is 1.96. The minimum atomic E-state index is -3.75. The number of halogens is 2. The van der Waals surface area contributed by atoms with Crippen molar-refractivity contribution in [3.05, 3.63) is 34.2 Å². The van der Waals surface area contributed by atoms with E-state index in [-0.39, 0.29) is 34.1 Å². The molecular formula is C13H16BrFN6O5S2. The predicted molar refractivity (Wildman–Crippen MR) is 104 cm³/mol. The summed E-state index contributed by atoms with van der Waals surface area (Å²) in [5.74, 6) is -0.682. The summed E-state index contributed by atoms with van der Waals surface area (Å²) in [6.45, 7) is 0.0242. The first-order valence-corrected chi connectivity index (χ1v) is 12.2. The van der Waals surface area contributed by atoms with E-state index in [1.54, 1.807) is 0 Å². The van der Waals surface area contributed by atoms with Gasteiger partial charge in [-0.25, -0.2) is 26.6 Å². The second-order valence-corrected chi connectivity index (χ2v) is 10.8. The number of sulfonamides is 1. The van der Waals surface area contributed by atoms with Crippen molar-refractivity contribution in [3.8, 4) is 0 Å². The van der Waals surface area contributed by atoms with E-state index in [0.29, 0.717) is 5.69 Å². The molecule has 0 aliphatic carbocycles. The highest BCUT2D eigenvalue weighted by Crippen LogP contribution is 2.23. The zero-order chi connectivity index (χ0) is 20.9. The van der Waals surface area contributed by atoms with Gasteiger partial charge in [-0.1, -0.05) is 0 Å². The monoisotopic (exact) mass is 498 g/mol. The molecule has 0 aliphatic heterocycles. The van der Waals surface area contributed by atoms with Crippen LogP contribution in [0.3, 0.4) is 0 Å². The van der Waals surface area contributed by atoms with Gasteiger partial charge >= 0.3 is 0 Å². The fourth-order valence-corrected chi connectivity index (χ4v) is 5.39. The summed E-state index contributed by atoms with van der Waals surface area (Å²) in [4.78, 5) is 4.09. The smallest absolute Gasteiger partial charge is 0.257 e. The maximum absolute atomic E-state index is 13.3. The molecule has 1 aromatic heterocycles. The first kappa shape index (κ1) is 22.2. The van der Waals surface area contributed by atoms with Crippen LogP contribution in [0.4, 0.5) is 15.9 Å². The van der Waals surface area contributed by atoms with Gasteiger partial charge in [0.15, 0.2) is 11.5 Å². The number of hydrogen-bond donors (Lipinski definition) is 3. The van der Waals surface area contributed by atoms with Gasteiger partial charge in [0.2, 0.25) is 5.82 Å². The summed E-state index contributed by atoms with van der Waals surface area (Å²) in [6, 6.07) is 3.93. The van der Waals surface area contributed by atoms with E-state index in [4.69, 9.17) is 0 Å². The lowest BCUT2D eigenvalue weighted by Crippen LogP contribution is -2.23. The summed E-state index contributed by atoms with van der Waals surface area (Å²) in [5.41, 5.74) is 2.13. The van der Waals surface area contributed by atoms with E-state index in [2.05, 4.69) is 44.9 Å². The zero-order valence-corrected chi connectivity index (χ0v) is 17.8. The molecule has 0 saturated heterocycles. The van der Waals surface area contributed by atoms with E-state index >= 15 is 0 Å². The van der Waals surface area contributed by atoms with Gasteiger partial charge in [0.25, 0.3) is 10.0 Å². The second-order valence-electron chi connectivity index (χ2n) is 5.53. The number of rotatable bonds is 7. The van der Waals surface area contributed by atoms with Crippen LogP contribution in [0.1, 0.15) is 5.69 Å². The molecule has 0 aliphatic rings. The molecule has 0 fully saturated rings. The Morgan fingerprint density at radius 2 is 2.04 bits per heavy atom. The minimum Gasteiger partial charge on any atom is -0.364 e. The molecule has 2 aromatic rings. The first-order chi connectivity index (χ1) is 13.0. The highest BCUT2D eigenvalue weighted by molar-refractivity contribution is 9.10. The Kier molecular flexibility index (Phi) is 7.08. The Balaban J connectivity index is 2.19. The van der Waals surface area contributed by atoms with Crippen molar-refractivity contribution in [1.29, 1.82) is 0 Å². The summed E-state index contributed by atoms with van der Waals surface area (Å²) in [6.07, 6.45) is 2.07. The van der Waals surface area contributed by atoms with Crippen molar-refractivity contribution < 1.29 is 26.9 Å². The molecule has 0 saturated carbocycles. The summed E-state index contributed by atoms with van der Waals surface area (Å²) in [5, 5.41) is 19.3. The van der Waals surface area contributed by atoms with Crippen molar-refractivity contribution in [3.63, 3.8) is 0 Å². The number of benzene rings is 1. The van der Waals surface area contributed by atoms with Crippen LogP contribution in [-0.2, 0) is 19.8 Å². The van der Waals surface area contributed by atoms with Crippen LogP contribution < -0.4 is 10.8 Å². The van der Waals surface area contributed by atoms with Gasteiger partial charge < -0.3 is 5.32 Å². The van der Waals surface area contributed by atoms with Gasteiger partial charge in [0.1, 0.15) is 5.82 Å². The number of nitrogens with one attached hydrogen (secondary N) is 2. The van der Waals surface area contributed by atoms with E-state index in [1.165, 1.54) is 24.5 Å². The van der Waals surface area contributed by atoms with Crippen LogP contribution in [0.5, 0.6) is 0 Å². The van der Waals surface area contributed by atoms with Gasteiger partial charge in [-0.15, -0.1) is 3.77 Å². The Bertz CT molecular complexity index is 1110. The van der Waals surface area contributed by atoms with Gasteiger partial charge in [-0.3, -0.25) is 10.7 Å². The van der Waals surface area contributed by atoms with Crippen LogP contribution in [0, 0.1) is 5.82 Å². The molecule has 15 heteroatoms. The van der Waals surface area contributed by atoms with Crippen molar-refractivity contribution in [2.75, 3.05) is 30.1 Å². The Morgan fingerprint density at radius 1 is 1.32 bits per heavy atom. The molecule has 1 atom stereocenters. The van der Waals surface area contributed by atoms with Crippen LogP contribution >= 0.6 is 15.9 Å². The summed E-state index contributed by atoms with van der Waals surface area (Å²) in [7, 11) is -6.73. The number of hydroxylamine groups is 1. The van der Waals surface area contributed by atoms with Gasteiger partial charge in [0, 0.05) is 18.6 Å². The summed E-state index contributed by atoms with van der Waals surface area (Å²) >= 11 is 3.03. The molecule has 28 heavy (non-hydrogen) atoms. The molecule has 1 heterocycles. The highest BCUT2D eigenvalue weighted by Gasteiger charge is 2.17. The molecule has 1 aromatic carbocycles. The maximum Gasteiger partial charge on any atom is 0.257 e. The fraction of sp³-hybridized carbons (Fsp3) is 0.308. The molecule has 0 bridgehead atoms. The Labute approximate surface area is 168 Å². The zero-order valence-electron chi connectivity index (χ0n) is 14.6. The van der Waals surface area contributed by atoms with Crippen LogP contribution in [0.25, 0.3) is 0 Å². The topological polar surface area (TPSA) is 159 Å². The number of amidine groups is 1. The number of aromatic nitrogens is 2. The molecule has 0 spiro atoms. The maximum atomic E-state index is 13.3. The third kappa shape index (κ3) is 6.50. The Morgan fingerprint density at radius 3 is 2.64 bits per heavy atom. The molecule has 2 rings (SSSR count). The van der Waals surface area contributed by atoms with Crippen molar-refractivity contribution in [2.24, 2.45) is 8.76 Å². The highest BCUT2D eigenvalue weighted by atomic mass is 79.9. The molecule has 0 radical (unpaired) electrons. The first-order valence-electron chi connectivity index (χ1n) is 7.42. The average molecular weight is 499 g/mol. The third-order valence-electron chi connectivity index (χ3n) is 3.03. The van der Waals surface area contributed by atoms with E-state index in [0.717, 1.165) is 6.26 Å². The van der Waals surface area contributed by atoms with Crippen LogP contribution in [0.2, 0.25) is 0 Å².